The molecule has 4 nitrogen and oxygen atoms in total. The minimum absolute atomic E-state index is 0.0561. The van der Waals surface area contributed by atoms with Crippen LogP contribution in [0.25, 0.3) is 43.1 Å². The van der Waals surface area contributed by atoms with E-state index < -0.39 is 0 Å². The van der Waals surface area contributed by atoms with Crippen LogP contribution in [0, 0.1) is 35.8 Å². The zero-order chi connectivity index (χ0) is 20.1. The molecular formula is C24H8N4S. The number of rotatable bonds is 0. The van der Waals surface area contributed by atoms with Crippen molar-refractivity contribution in [1.82, 2.24) is 0 Å². The van der Waals surface area contributed by atoms with E-state index in [9.17, 15) is 10.5 Å². The Bertz CT molecular complexity index is 1340. The summed E-state index contributed by atoms with van der Waals surface area (Å²) in [6.07, 6.45) is 0. The molecule has 0 unspecified atom stereocenters. The topological polar surface area (TPSA) is 56.3 Å². The summed E-state index contributed by atoms with van der Waals surface area (Å²) < 4.78 is 0. The van der Waals surface area contributed by atoms with Crippen LogP contribution in [-0.4, -0.2) is 0 Å². The number of benzene rings is 2. The molecule has 0 aliphatic heterocycles. The van der Waals surface area contributed by atoms with Crippen LogP contribution >= 0.6 is 11.3 Å². The molecule has 0 spiro atoms. The van der Waals surface area contributed by atoms with Crippen molar-refractivity contribution in [2.45, 2.75) is 0 Å². The second-order valence-electron chi connectivity index (χ2n) is 6.50. The van der Waals surface area contributed by atoms with Gasteiger partial charge in [0.2, 0.25) is 0 Å². The summed E-state index contributed by atoms with van der Waals surface area (Å²) in [6.45, 7) is 14.9. The predicted molar refractivity (Wildman–Crippen MR) is 112 cm³/mol. The molecule has 2 aliphatic carbocycles. The van der Waals surface area contributed by atoms with Crippen molar-refractivity contribution in [1.29, 1.82) is 10.5 Å². The van der Waals surface area contributed by atoms with Gasteiger partial charge in [-0.1, -0.05) is 48.5 Å². The van der Waals surface area contributed by atoms with Crippen LogP contribution in [0.5, 0.6) is 0 Å². The van der Waals surface area contributed by atoms with Gasteiger partial charge in [0.1, 0.15) is 0 Å². The lowest BCUT2D eigenvalue weighted by atomic mass is 9.99. The van der Waals surface area contributed by atoms with Crippen LogP contribution in [0.4, 0.5) is 0 Å². The third-order valence-electron chi connectivity index (χ3n) is 5.20. The van der Waals surface area contributed by atoms with Crippen molar-refractivity contribution in [2.75, 3.05) is 0 Å². The molecule has 2 aromatic carbocycles. The van der Waals surface area contributed by atoms with Crippen molar-refractivity contribution in [3.63, 3.8) is 0 Å². The van der Waals surface area contributed by atoms with Gasteiger partial charge in [0.15, 0.2) is 0 Å². The summed E-state index contributed by atoms with van der Waals surface area (Å²) in [5.74, 6) is 0. The maximum Gasteiger partial charge on any atom is 0.271 e. The maximum atomic E-state index is 9.55. The van der Waals surface area contributed by atoms with Gasteiger partial charge >= 0.3 is 0 Å². The quantitative estimate of drug-likeness (QED) is 0.239. The third kappa shape index (κ3) is 2.03. The molecule has 0 saturated carbocycles. The van der Waals surface area contributed by atoms with Gasteiger partial charge < -0.3 is 0 Å². The van der Waals surface area contributed by atoms with Crippen molar-refractivity contribution >= 4 is 22.5 Å². The van der Waals surface area contributed by atoms with E-state index in [1.807, 2.05) is 60.7 Å². The summed E-state index contributed by atoms with van der Waals surface area (Å²) in [5.41, 5.74) is 7.08. The predicted octanol–water partition coefficient (Wildman–Crippen LogP) is 6.11. The molecule has 0 fully saturated rings. The normalized spacial score (nSPS) is 15.6. The van der Waals surface area contributed by atoms with E-state index in [4.69, 9.17) is 13.1 Å². The summed E-state index contributed by atoms with van der Waals surface area (Å²) in [6, 6.07) is 19.6. The van der Waals surface area contributed by atoms with Crippen molar-refractivity contribution in [3.05, 3.63) is 104 Å². The van der Waals surface area contributed by atoms with Gasteiger partial charge in [-0.05, 0) is 22.3 Å². The van der Waals surface area contributed by atoms with Crippen molar-refractivity contribution in [3.8, 4) is 34.4 Å². The van der Waals surface area contributed by atoms with Gasteiger partial charge in [0.05, 0.1) is 25.3 Å². The molecule has 2 aliphatic rings. The van der Waals surface area contributed by atoms with Crippen LogP contribution in [0.2, 0.25) is 0 Å². The number of hydrogen-bond donors (Lipinski definition) is 0. The number of nitrogens with zero attached hydrogens (tertiary/aromatic N) is 4. The molecular weight excluding hydrogens is 376 g/mol. The highest BCUT2D eigenvalue weighted by Crippen LogP contribution is 2.61. The molecule has 5 rings (SSSR count). The van der Waals surface area contributed by atoms with E-state index >= 15 is 0 Å². The van der Waals surface area contributed by atoms with Crippen LogP contribution in [0.1, 0.15) is 20.9 Å². The second kappa shape index (κ2) is 6.05. The van der Waals surface area contributed by atoms with E-state index in [1.54, 1.807) is 0 Å². The Morgan fingerprint density at radius 3 is 1.41 bits per heavy atom. The Balaban J connectivity index is 1.99. The van der Waals surface area contributed by atoms with Gasteiger partial charge in [0.25, 0.3) is 11.4 Å². The molecule has 29 heavy (non-hydrogen) atoms. The molecule has 1 aromatic heterocycles. The highest BCUT2D eigenvalue weighted by molar-refractivity contribution is 7.16. The van der Waals surface area contributed by atoms with Gasteiger partial charge in [-0.3, -0.25) is 0 Å². The van der Waals surface area contributed by atoms with Crippen LogP contribution in [-0.2, 0) is 0 Å². The summed E-state index contributed by atoms with van der Waals surface area (Å²) in [7, 11) is 0. The molecule has 0 saturated heterocycles. The summed E-state index contributed by atoms with van der Waals surface area (Å²) in [5, 5.41) is 19.1. The monoisotopic (exact) mass is 384 g/mol. The first kappa shape index (κ1) is 16.7. The smallest absolute Gasteiger partial charge is 0.226 e. The molecule has 0 N–H and O–H groups in total. The molecule has 5 heteroatoms. The maximum absolute atomic E-state index is 9.55. The number of allylic oxidation sites excluding steroid dienone is 2. The molecule has 0 bridgehead atoms. The average Bonchev–Trinajstić information content (AvgIpc) is 3.38. The van der Waals surface area contributed by atoms with E-state index in [1.165, 1.54) is 11.3 Å². The van der Waals surface area contributed by atoms with Gasteiger partial charge in [-0.2, -0.15) is 0 Å². The summed E-state index contributed by atoms with van der Waals surface area (Å²) in [4.78, 5) is 8.64. The Labute approximate surface area is 171 Å². The third-order valence-corrected chi connectivity index (χ3v) is 6.43. The van der Waals surface area contributed by atoms with E-state index in [-0.39, 0.29) is 11.4 Å². The van der Waals surface area contributed by atoms with Crippen molar-refractivity contribution < 1.29 is 0 Å². The Morgan fingerprint density at radius 2 is 1.07 bits per heavy atom. The lowest BCUT2D eigenvalue weighted by Gasteiger charge is -2.04. The number of fused-ring (bicyclic) bond motifs is 7. The van der Waals surface area contributed by atoms with E-state index in [0.717, 1.165) is 43.1 Å². The molecule has 0 radical (unpaired) electrons. The fraction of sp³-hybridized carbons (Fsp3) is 0. The Hall–Kier alpha value is -4.42. The number of thiophene rings is 1. The number of hydrogen-bond acceptors (Lipinski definition) is 3. The lowest BCUT2D eigenvalue weighted by molar-refractivity contribution is 1.50. The molecule has 0 amide bonds. The van der Waals surface area contributed by atoms with Crippen LogP contribution in [0.15, 0.2) is 59.9 Å². The van der Waals surface area contributed by atoms with Gasteiger partial charge in [-0.15, -0.1) is 11.3 Å². The van der Waals surface area contributed by atoms with Crippen LogP contribution < -0.4 is 0 Å². The first-order valence-corrected chi connectivity index (χ1v) is 9.47. The van der Waals surface area contributed by atoms with Crippen LogP contribution in [0.3, 0.4) is 0 Å². The second-order valence-corrected chi connectivity index (χ2v) is 7.52. The van der Waals surface area contributed by atoms with Gasteiger partial charge in [0, 0.05) is 32.0 Å². The van der Waals surface area contributed by atoms with Crippen molar-refractivity contribution in [2.24, 2.45) is 0 Å². The zero-order valence-electron chi connectivity index (χ0n) is 14.8. The van der Waals surface area contributed by atoms with E-state index in [2.05, 4.69) is 9.69 Å². The zero-order valence-corrected chi connectivity index (χ0v) is 15.6. The first-order valence-electron chi connectivity index (χ1n) is 8.65. The fourth-order valence-corrected chi connectivity index (χ4v) is 5.57. The molecule has 3 aromatic rings. The highest BCUT2D eigenvalue weighted by atomic mass is 32.1. The molecule has 0 atom stereocenters. The first-order chi connectivity index (χ1) is 14.2. The lowest BCUT2D eigenvalue weighted by Crippen LogP contribution is -1.85. The minimum atomic E-state index is 0.0561. The number of nitriles is 2. The molecule has 1 heterocycles. The molecule has 130 valence electrons. The summed E-state index contributed by atoms with van der Waals surface area (Å²) >= 11 is 1.45. The minimum Gasteiger partial charge on any atom is -0.226 e. The SMILES string of the molecule is [C-]#[N+]/C(C#N)=C1/c2ccccc2-c2c1sc1c2-c2ccccc2/C1=C(/C#N)[N+]#[C-]. The van der Waals surface area contributed by atoms with E-state index in [0.29, 0.717) is 11.1 Å². The fourth-order valence-electron chi connectivity index (χ4n) is 4.12. The average molecular weight is 384 g/mol. The Morgan fingerprint density at radius 1 is 0.690 bits per heavy atom. The standard InChI is InChI=1S/C24H8N4S/c1-27-17(11-25)19-13-7-3-5-9-15(13)21-22-16-10-6-4-8-14(16)20(18(12-26)28-2)24(22)29-23(19)21/h3-10H/b19-17-,20-18+. The highest BCUT2D eigenvalue weighted by Gasteiger charge is 2.38. The van der Waals surface area contributed by atoms with Gasteiger partial charge in [-0.25, -0.2) is 20.2 Å². The largest absolute Gasteiger partial charge is 0.271 e. The Kier molecular flexibility index (Phi) is 3.49.